The molecule has 4 heteroatoms. The van der Waals surface area contributed by atoms with E-state index in [1.165, 1.54) is 12.8 Å². The van der Waals surface area contributed by atoms with E-state index in [0.29, 0.717) is 0 Å². The van der Waals surface area contributed by atoms with Gasteiger partial charge in [0.05, 0.1) is 12.6 Å². The number of nitrogens with two attached hydrogens (primary N) is 1. The molecule has 2 aliphatic rings. The van der Waals surface area contributed by atoms with Gasteiger partial charge < -0.3 is 10.6 Å². The van der Waals surface area contributed by atoms with Crippen LogP contribution in [0.2, 0.25) is 0 Å². The Morgan fingerprint density at radius 1 is 1.43 bits per heavy atom. The van der Waals surface area contributed by atoms with Gasteiger partial charge in [0.25, 0.3) is 0 Å². The van der Waals surface area contributed by atoms with Crippen molar-refractivity contribution in [2.24, 2.45) is 11.1 Å². The molecule has 1 saturated carbocycles. The van der Waals surface area contributed by atoms with Crippen LogP contribution in [0.3, 0.4) is 0 Å². The maximum Gasteiger partial charge on any atom is 0.121 e. The minimum atomic E-state index is -0.935. The van der Waals surface area contributed by atoms with Crippen LogP contribution in [-0.2, 0) is 0 Å². The molecule has 0 aromatic carbocycles. The number of halogens is 1. The van der Waals surface area contributed by atoms with Crippen molar-refractivity contribution in [3.63, 3.8) is 0 Å². The zero-order valence-corrected chi connectivity index (χ0v) is 13.0. The molecule has 1 heterocycles. The van der Waals surface area contributed by atoms with Gasteiger partial charge in [-0.3, -0.25) is 0 Å². The lowest BCUT2D eigenvalue weighted by Gasteiger charge is -2.37. The van der Waals surface area contributed by atoms with Crippen LogP contribution in [-0.4, -0.2) is 29.7 Å². The van der Waals surface area contributed by atoms with Gasteiger partial charge in [0.15, 0.2) is 0 Å². The zero-order chi connectivity index (χ0) is 15.3. The molecule has 0 amide bonds. The second-order valence-electron chi connectivity index (χ2n) is 5.96. The van der Waals surface area contributed by atoms with Crippen LogP contribution < -0.4 is 5.73 Å². The normalized spacial score (nSPS) is 27.9. The maximum atomic E-state index is 13.4. The summed E-state index contributed by atoms with van der Waals surface area (Å²) in [5.74, 6) is 0. The van der Waals surface area contributed by atoms with Crippen LogP contribution >= 0.6 is 0 Å². The van der Waals surface area contributed by atoms with Crippen LogP contribution in [0.15, 0.2) is 12.3 Å². The minimum absolute atomic E-state index is 0. The van der Waals surface area contributed by atoms with Crippen LogP contribution in [0.25, 0.3) is 0 Å². The molecule has 1 saturated heterocycles. The number of rotatable bonds is 3. The highest BCUT2D eigenvalue weighted by molar-refractivity contribution is 5.17. The van der Waals surface area contributed by atoms with Gasteiger partial charge in [-0.2, -0.15) is 5.26 Å². The van der Waals surface area contributed by atoms with E-state index in [1.54, 1.807) is 4.90 Å². The fourth-order valence-electron chi connectivity index (χ4n) is 3.30. The molecule has 21 heavy (non-hydrogen) atoms. The first kappa shape index (κ1) is 19.9. The van der Waals surface area contributed by atoms with Crippen molar-refractivity contribution in [3.05, 3.63) is 12.3 Å². The highest BCUT2D eigenvalue weighted by atomic mass is 19.1. The standard InChI is InChI=1S/C14H22FN3.C2H6.CH4/c1-10(13(17)14(2)5-3-4-6-14)18-9-11(15)7-12(18)8-16;1-2;/h11-13H,1,3-7,9,17H2,2H3;1-2H3;1H4. The number of hydrogen-bond acceptors (Lipinski definition) is 3. The molecule has 0 radical (unpaired) electrons. The largest absolute Gasteiger partial charge is 0.355 e. The first-order valence-corrected chi connectivity index (χ1v) is 7.72. The fourth-order valence-corrected chi connectivity index (χ4v) is 3.30. The van der Waals surface area contributed by atoms with E-state index in [9.17, 15) is 4.39 Å². The summed E-state index contributed by atoms with van der Waals surface area (Å²) in [7, 11) is 0. The molecule has 122 valence electrons. The molecule has 0 bridgehead atoms. The number of alkyl halides is 1. The van der Waals surface area contributed by atoms with Crippen molar-refractivity contribution in [2.75, 3.05) is 6.54 Å². The zero-order valence-electron chi connectivity index (χ0n) is 13.0. The predicted octanol–water partition coefficient (Wildman–Crippen LogP) is 4.01. The second kappa shape index (κ2) is 8.38. The molecule has 1 aliphatic carbocycles. The van der Waals surface area contributed by atoms with Crippen molar-refractivity contribution in [2.45, 2.75) is 78.6 Å². The molecule has 0 aromatic rings. The molecule has 1 aliphatic heterocycles. The lowest BCUT2D eigenvalue weighted by atomic mass is 9.79. The van der Waals surface area contributed by atoms with Crippen molar-refractivity contribution in [3.8, 4) is 6.07 Å². The van der Waals surface area contributed by atoms with Crippen LogP contribution in [0, 0.1) is 16.7 Å². The third kappa shape index (κ3) is 4.20. The first-order chi connectivity index (χ1) is 9.48. The molecule has 2 N–H and O–H groups in total. The minimum Gasteiger partial charge on any atom is -0.355 e. The Kier molecular flexibility index (Phi) is 7.95. The third-order valence-corrected chi connectivity index (χ3v) is 4.62. The number of nitrogens with zero attached hydrogens (tertiary/aromatic N) is 2. The van der Waals surface area contributed by atoms with E-state index in [1.807, 2.05) is 13.8 Å². The average Bonchev–Trinajstić information content (AvgIpc) is 3.06. The summed E-state index contributed by atoms with van der Waals surface area (Å²) in [6, 6.07) is 1.59. The van der Waals surface area contributed by atoms with Crippen LogP contribution in [0.4, 0.5) is 4.39 Å². The highest BCUT2D eigenvalue weighted by Crippen LogP contribution is 2.43. The van der Waals surface area contributed by atoms with Crippen molar-refractivity contribution >= 4 is 0 Å². The molecule has 3 atom stereocenters. The second-order valence-corrected chi connectivity index (χ2v) is 5.96. The molecule has 0 spiro atoms. The van der Waals surface area contributed by atoms with Gasteiger partial charge in [0.2, 0.25) is 0 Å². The van der Waals surface area contributed by atoms with Crippen LogP contribution in [0.1, 0.15) is 60.3 Å². The molecule has 3 unspecified atom stereocenters. The first-order valence-electron chi connectivity index (χ1n) is 7.72. The number of hydrogen-bond donors (Lipinski definition) is 1. The van der Waals surface area contributed by atoms with E-state index < -0.39 is 12.2 Å². The van der Waals surface area contributed by atoms with Gasteiger partial charge in [-0.25, -0.2) is 4.39 Å². The van der Waals surface area contributed by atoms with Crippen molar-refractivity contribution < 1.29 is 4.39 Å². The van der Waals surface area contributed by atoms with Crippen molar-refractivity contribution in [1.29, 1.82) is 5.26 Å². The quantitative estimate of drug-likeness (QED) is 0.856. The Morgan fingerprint density at radius 3 is 2.43 bits per heavy atom. The molecule has 0 aromatic heterocycles. The van der Waals surface area contributed by atoms with E-state index >= 15 is 0 Å². The Balaban J connectivity index is 0.00000128. The summed E-state index contributed by atoms with van der Waals surface area (Å²) in [4.78, 5) is 1.78. The summed E-state index contributed by atoms with van der Waals surface area (Å²) in [5.41, 5.74) is 7.13. The van der Waals surface area contributed by atoms with E-state index in [4.69, 9.17) is 11.0 Å². The SMILES string of the molecule is C.C=C(C(N)C1(C)CCCC1)N1CC(F)CC1C#N.CC. The van der Waals surface area contributed by atoms with Gasteiger partial charge in [0, 0.05) is 18.2 Å². The van der Waals surface area contributed by atoms with Gasteiger partial charge in [0.1, 0.15) is 12.2 Å². The lowest BCUT2D eigenvalue weighted by Crippen LogP contribution is -2.45. The van der Waals surface area contributed by atoms with E-state index in [0.717, 1.165) is 18.5 Å². The average molecular weight is 297 g/mol. The Hall–Kier alpha value is -1.08. The summed E-state index contributed by atoms with van der Waals surface area (Å²) in [6.07, 6.45) is 3.93. The molecule has 2 rings (SSSR count). The van der Waals surface area contributed by atoms with E-state index in [2.05, 4.69) is 19.6 Å². The Bertz CT molecular complexity index is 369. The summed E-state index contributed by atoms with van der Waals surface area (Å²) in [6.45, 7) is 10.5. The van der Waals surface area contributed by atoms with Gasteiger partial charge >= 0.3 is 0 Å². The molecular weight excluding hydrogens is 265 g/mol. The third-order valence-electron chi connectivity index (χ3n) is 4.62. The summed E-state index contributed by atoms with van der Waals surface area (Å²) >= 11 is 0. The lowest BCUT2D eigenvalue weighted by molar-refractivity contribution is 0.228. The van der Waals surface area contributed by atoms with Gasteiger partial charge in [-0.15, -0.1) is 0 Å². The van der Waals surface area contributed by atoms with Gasteiger partial charge in [-0.05, 0) is 18.3 Å². The van der Waals surface area contributed by atoms with Gasteiger partial charge in [-0.1, -0.05) is 47.6 Å². The summed E-state index contributed by atoms with van der Waals surface area (Å²) in [5, 5.41) is 9.07. The molecule has 2 fully saturated rings. The summed E-state index contributed by atoms with van der Waals surface area (Å²) < 4.78 is 13.4. The Labute approximate surface area is 130 Å². The Morgan fingerprint density at radius 2 is 1.95 bits per heavy atom. The maximum absolute atomic E-state index is 13.4. The van der Waals surface area contributed by atoms with E-state index in [-0.39, 0.29) is 31.8 Å². The van der Waals surface area contributed by atoms with Crippen molar-refractivity contribution in [1.82, 2.24) is 4.90 Å². The fraction of sp³-hybridized carbons (Fsp3) is 0.824. The number of likely N-dealkylation sites (tertiary alicyclic amines) is 1. The smallest absolute Gasteiger partial charge is 0.121 e. The molecule has 3 nitrogen and oxygen atoms in total. The molecular formula is C17H32FN3. The topological polar surface area (TPSA) is 53.0 Å². The predicted molar refractivity (Wildman–Crippen MR) is 87.4 cm³/mol. The monoisotopic (exact) mass is 297 g/mol. The highest BCUT2D eigenvalue weighted by Gasteiger charge is 2.41. The number of nitriles is 1. The van der Waals surface area contributed by atoms with Crippen LogP contribution in [0.5, 0.6) is 0 Å².